The highest BCUT2D eigenvalue weighted by Gasteiger charge is 2.11. The third-order valence-electron chi connectivity index (χ3n) is 1.80. The molecule has 0 heterocycles. The second kappa shape index (κ2) is 4.50. The fourth-order valence-electron chi connectivity index (χ4n) is 1.20. The van der Waals surface area contributed by atoms with E-state index in [9.17, 15) is 4.79 Å². The molecule has 1 rings (SSSR count). The van der Waals surface area contributed by atoms with E-state index in [1.807, 2.05) is 6.92 Å². The van der Waals surface area contributed by atoms with Gasteiger partial charge in [-0.2, -0.15) is 0 Å². The Hall–Kier alpha value is -1.71. The Labute approximate surface area is 83.1 Å². The van der Waals surface area contributed by atoms with Gasteiger partial charge in [0.25, 0.3) is 5.91 Å². The van der Waals surface area contributed by atoms with E-state index < -0.39 is 5.91 Å². The van der Waals surface area contributed by atoms with Crippen molar-refractivity contribution in [2.24, 2.45) is 5.73 Å². The lowest BCUT2D eigenvalue weighted by atomic mass is 10.1. The molecule has 0 aliphatic heterocycles. The van der Waals surface area contributed by atoms with Crippen molar-refractivity contribution >= 4 is 11.6 Å². The Morgan fingerprint density at radius 1 is 1.57 bits per heavy atom. The van der Waals surface area contributed by atoms with Gasteiger partial charge >= 0.3 is 0 Å². The monoisotopic (exact) mass is 193 g/mol. The first-order chi connectivity index (χ1) is 6.70. The summed E-state index contributed by atoms with van der Waals surface area (Å²) in [5, 5.41) is 2.93. The van der Waals surface area contributed by atoms with Gasteiger partial charge in [0.1, 0.15) is 5.75 Å². The van der Waals surface area contributed by atoms with Gasteiger partial charge in [-0.05, 0) is 19.1 Å². The highest BCUT2D eigenvalue weighted by molar-refractivity contribution is 6.00. The normalized spacial score (nSPS) is 9.57. The molecule has 0 fully saturated rings. The molecule has 0 saturated carbocycles. The molecule has 1 radical (unpaired) electrons. The molecule has 0 aliphatic rings. The highest BCUT2D eigenvalue weighted by Crippen LogP contribution is 2.28. The summed E-state index contributed by atoms with van der Waals surface area (Å²) in [4.78, 5) is 11.1. The summed E-state index contributed by atoms with van der Waals surface area (Å²) in [5.41, 5.74) is 6.24. The van der Waals surface area contributed by atoms with Gasteiger partial charge < -0.3 is 15.8 Å². The Morgan fingerprint density at radius 3 is 2.79 bits per heavy atom. The summed E-state index contributed by atoms with van der Waals surface area (Å²) >= 11 is 0. The number of anilines is 1. The van der Waals surface area contributed by atoms with E-state index in [-0.39, 0.29) is 0 Å². The number of carbonyl (C=O) groups excluding carboxylic acids is 1. The first-order valence-electron chi connectivity index (χ1n) is 4.22. The number of hydrogen-bond acceptors (Lipinski definition) is 3. The van der Waals surface area contributed by atoms with E-state index in [0.717, 1.165) is 0 Å². The minimum atomic E-state index is -0.478. The molecule has 0 bridgehead atoms. The number of carbonyl (C=O) groups is 1. The molecule has 3 N–H and O–H groups in total. The largest absolute Gasteiger partial charge is 0.495 e. The first-order valence-corrected chi connectivity index (χ1v) is 4.22. The zero-order valence-electron chi connectivity index (χ0n) is 8.20. The second-order valence-electron chi connectivity index (χ2n) is 2.68. The minimum absolute atomic E-state index is 0.419. The van der Waals surface area contributed by atoms with Gasteiger partial charge in [0, 0.05) is 6.54 Å². The van der Waals surface area contributed by atoms with Crippen LogP contribution in [-0.2, 0) is 0 Å². The highest BCUT2D eigenvalue weighted by atomic mass is 16.5. The van der Waals surface area contributed by atoms with Crippen molar-refractivity contribution in [1.82, 2.24) is 0 Å². The molecule has 4 nitrogen and oxygen atoms in total. The molecule has 4 heteroatoms. The number of rotatable bonds is 4. The standard InChI is InChI=1S/C10H13N2O2/c1-3-12-9-7(10(11)13)5-4-6-8(9)14-2/h3-6,12H,1-2H3,(H2,11,13). The number of primary amides is 1. The van der Waals surface area contributed by atoms with Crippen molar-refractivity contribution < 1.29 is 9.53 Å². The molecule has 0 aliphatic carbocycles. The Balaban J connectivity index is 3.20. The number of para-hydroxylation sites is 1. The van der Waals surface area contributed by atoms with Crippen molar-refractivity contribution in [3.8, 4) is 5.75 Å². The fourth-order valence-corrected chi connectivity index (χ4v) is 1.20. The fraction of sp³-hybridized carbons (Fsp3) is 0.200. The van der Waals surface area contributed by atoms with Crippen LogP contribution < -0.4 is 15.8 Å². The smallest absolute Gasteiger partial charge is 0.250 e. The Morgan fingerprint density at radius 2 is 2.29 bits per heavy atom. The van der Waals surface area contributed by atoms with Crippen LogP contribution in [-0.4, -0.2) is 13.0 Å². The molecule has 0 saturated heterocycles. The maximum absolute atomic E-state index is 11.1. The van der Waals surface area contributed by atoms with Crippen molar-refractivity contribution in [3.05, 3.63) is 30.3 Å². The third kappa shape index (κ3) is 1.96. The van der Waals surface area contributed by atoms with Crippen molar-refractivity contribution in [3.63, 3.8) is 0 Å². The van der Waals surface area contributed by atoms with Crippen molar-refractivity contribution in [2.45, 2.75) is 6.92 Å². The van der Waals surface area contributed by atoms with Gasteiger partial charge in [0.2, 0.25) is 0 Å². The summed E-state index contributed by atoms with van der Waals surface area (Å²) in [7, 11) is 1.54. The topological polar surface area (TPSA) is 64.3 Å². The van der Waals surface area contributed by atoms with Gasteiger partial charge in [-0.25, -0.2) is 0 Å². The number of hydrogen-bond donors (Lipinski definition) is 2. The predicted molar refractivity (Wildman–Crippen MR) is 55.1 cm³/mol. The number of ether oxygens (including phenoxy) is 1. The van der Waals surface area contributed by atoms with E-state index in [4.69, 9.17) is 10.5 Å². The lowest BCUT2D eigenvalue weighted by molar-refractivity contribution is 0.100. The van der Waals surface area contributed by atoms with Gasteiger partial charge in [0.15, 0.2) is 0 Å². The van der Waals surface area contributed by atoms with Crippen LogP contribution in [0.4, 0.5) is 5.69 Å². The zero-order valence-corrected chi connectivity index (χ0v) is 8.20. The zero-order chi connectivity index (χ0) is 10.6. The quantitative estimate of drug-likeness (QED) is 0.759. The molecule has 14 heavy (non-hydrogen) atoms. The van der Waals surface area contributed by atoms with Gasteiger partial charge in [-0.3, -0.25) is 4.79 Å². The van der Waals surface area contributed by atoms with Crippen LogP contribution in [0, 0.1) is 6.54 Å². The summed E-state index contributed by atoms with van der Waals surface area (Å²) in [5.74, 6) is 0.118. The number of amides is 1. The van der Waals surface area contributed by atoms with E-state index in [1.54, 1.807) is 31.9 Å². The van der Waals surface area contributed by atoms with Crippen LogP contribution in [0.1, 0.15) is 17.3 Å². The molecule has 0 aromatic heterocycles. The van der Waals surface area contributed by atoms with Gasteiger partial charge in [-0.1, -0.05) is 6.07 Å². The summed E-state index contributed by atoms with van der Waals surface area (Å²) in [6, 6.07) is 5.13. The number of nitrogens with two attached hydrogens (primary N) is 1. The molecule has 0 unspecified atom stereocenters. The van der Waals surface area contributed by atoms with Crippen LogP contribution in [0.2, 0.25) is 0 Å². The number of methoxy groups -OCH3 is 1. The number of benzene rings is 1. The van der Waals surface area contributed by atoms with Crippen LogP contribution in [0.25, 0.3) is 0 Å². The third-order valence-corrected chi connectivity index (χ3v) is 1.80. The Kier molecular flexibility index (Phi) is 3.34. The van der Waals surface area contributed by atoms with Crippen LogP contribution in [0.3, 0.4) is 0 Å². The lowest BCUT2D eigenvalue weighted by Gasteiger charge is -2.12. The van der Waals surface area contributed by atoms with Gasteiger partial charge in [0.05, 0.1) is 18.4 Å². The molecular formula is C10H13N2O2. The van der Waals surface area contributed by atoms with E-state index in [2.05, 4.69) is 5.32 Å². The molecule has 1 aromatic rings. The first kappa shape index (κ1) is 10.4. The molecule has 0 atom stereocenters. The molecule has 1 amide bonds. The summed E-state index contributed by atoms with van der Waals surface area (Å²) in [6.45, 7) is 3.53. The van der Waals surface area contributed by atoms with E-state index in [0.29, 0.717) is 17.0 Å². The summed E-state index contributed by atoms with van der Waals surface area (Å²) in [6.07, 6.45) is 0. The van der Waals surface area contributed by atoms with E-state index >= 15 is 0 Å². The Bertz CT molecular complexity index is 337. The SMILES string of the molecule is C[CH]Nc1c(OC)cccc1C(N)=O. The average molecular weight is 193 g/mol. The molecule has 1 aromatic carbocycles. The molecule has 0 spiro atoms. The molecule has 75 valence electrons. The average Bonchev–Trinajstić information content (AvgIpc) is 2.18. The van der Waals surface area contributed by atoms with Gasteiger partial charge in [-0.15, -0.1) is 0 Å². The van der Waals surface area contributed by atoms with Crippen molar-refractivity contribution in [1.29, 1.82) is 0 Å². The van der Waals surface area contributed by atoms with Crippen molar-refractivity contribution in [2.75, 3.05) is 12.4 Å². The maximum atomic E-state index is 11.1. The predicted octanol–water partition coefficient (Wildman–Crippen LogP) is 1.39. The van der Waals surface area contributed by atoms with Crippen LogP contribution in [0.15, 0.2) is 18.2 Å². The maximum Gasteiger partial charge on any atom is 0.250 e. The summed E-state index contributed by atoms with van der Waals surface area (Å²) < 4.78 is 5.10. The van der Waals surface area contributed by atoms with E-state index in [1.165, 1.54) is 0 Å². The minimum Gasteiger partial charge on any atom is -0.495 e. The second-order valence-corrected chi connectivity index (χ2v) is 2.68. The molecular weight excluding hydrogens is 180 g/mol. The lowest BCUT2D eigenvalue weighted by Crippen LogP contribution is -2.14. The number of nitrogens with one attached hydrogen (secondary N) is 1. The van der Waals surface area contributed by atoms with Crippen LogP contribution >= 0.6 is 0 Å². The van der Waals surface area contributed by atoms with Crippen LogP contribution in [0.5, 0.6) is 5.75 Å².